The fourth-order valence-electron chi connectivity index (χ4n) is 14.3. The molecule has 13 aromatic rings. The van der Waals surface area contributed by atoms with Crippen molar-refractivity contribution in [3.05, 3.63) is 198 Å². The maximum absolute atomic E-state index is 12.1. The molecule has 0 spiro atoms. The van der Waals surface area contributed by atoms with Crippen LogP contribution in [0.15, 0.2) is 177 Å². The summed E-state index contributed by atoms with van der Waals surface area (Å²) in [4.78, 5) is 35.2. The van der Waals surface area contributed by atoms with E-state index in [1.54, 1.807) is 41.7 Å². The number of imidazole rings is 1. The predicted octanol–water partition coefficient (Wildman–Crippen LogP) is 14.0. The molecule has 24 nitrogen and oxygen atoms in total. The molecule has 5 aliphatic rings. The first-order valence-corrected chi connectivity index (χ1v) is 35.7. The Labute approximate surface area is 699 Å². The van der Waals surface area contributed by atoms with Gasteiger partial charge in [0.15, 0.2) is 22.6 Å². The Hall–Kier alpha value is -7.44. The highest BCUT2D eigenvalue weighted by Crippen LogP contribution is 2.41. The predicted molar refractivity (Wildman–Crippen MR) is 480 cm³/mol. The number of nitrogens with two attached hydrogens (primary N) is 3. The number of nitrogens with one attached hydrogen (secondary N) is 5. The summed E-state index contributed by atoms with van der Waals surface area (Å²) in [6, 6.07) is 48.2. The van der Waals surface area contributed by atoms with Crippen molar-refractivity contribution in [2.75, 3.05) is 21.3 Å². The number of fused-ring (bicyclic) bond motifs is 5. The number of carbonyl (C=O) groups excluding carboxylic acids is 1. The van der Waals surface area contributed by atoms with Crippen LogP contribution in [0.25, 0.3) is 67.3 Å². The molecular weight excluding hydrogens is 1570 g/mol. The van der Waals surface area contributed by atoms with Crippen molar-refractivity contribution in [1.82, 2.24) is 73.3 Å². The monoisotopic (exact) mass is 1660 g/mol. The Morgan fingerprint density at radius 3 is 1.41 bits per heavy atom. The lowest BCUT2D eigenvalue weighted by atomic mass is 10.0. The molecule has 4 aromatic carbocycles. The number of alkyl carbamates (subject to hydrolysis) is 1. The third-order valence-electron chi connectivity index (χ3n) is 19.6. The average Bonchev–Trinajstić information content (AvgIpc) is 1.35. The van der Waals surface area contributed by atoms with Gasteiger partial charge in [-0.3, -0.25) is 0 Å². The average molecular weight is 1670 g/mol. The van der Waals surface area contributed by atoms with Crippen LogP contribution in [0.3, 0.4) is 0 Å². The summed E-state index contributed by atoms with van der Waals surface area (Å²) in [5.74, 6) is 4.40. The highest BCUT2D eigenvalue weighted by Gasteiger charge is 2.31. The Bertz CT molecular complexity index is 5040. The first-order chi connectivity index (χ1) is 49.3. The Morgan fingerprint density at radius 1 is 0.468 bits per heavy atom. The molecule has 1 amide bonds. The minimum absolute atomic E-state index is 0. The van der Waals surface area contributed by atoms with Gasteiger partial charge in [-0.05, 0) is 124 Å². The summed E-state index contributed by atoms with van der Waals surface area (Å²) in [6.07, 6.45) is 24.9. The van der Waals surface area contributed by atoms with Crippen molar-refractivity contribution in [2.24, 2.45) is 24.2 Å². The van der Waals surface area contributed by atoms with Crippen molar-refractivity contribution in [3.63, 3.8) is 0 Å². The first-order valence-electron chi connectivity index (χ1n) is 34.9. The summed E-state index contributed by atoms with van der Waals surface area (Å²) in [7, 11) is 1.97. The van der Waals surface area contributed by atoms with Crippen LogP contribution in [-0.2, 0) is 18.4 Å². The summed E-state index contributed by atoms with van der Waals surface area (Å²) in [5, 5.41) is 38.6. The molecule has 0 saturated heterocycles. The molecule has 109 heavy (non-hydrogen) atoms. The summed E-state index contributed by atoms with van der Waals surface area (Å²) < 4.78 is 14.7. The van der Waals surface area contributed by atoms with Gasteiger partial charge in [0.25, 0.3) is 0 Å². The molecular formula is C75H98Cl2N22O2S8. The molecule has 18 rings (SSSR count). The van der Waals surface area contributed by atoms with Gasteiger partial charge in [-0.2, -0.15) is 146 Å². The second-order valence-electron chi connectivity index (χ2n) is 27.2. The molecule has 0 bridgehead atoms. The van der Waals surface area contributed by atoms with E-state index in [1.807, 2.05) is 110 Å². The standard InChI is InChI=1S/C22H25N5O2.C21H21N5.C17H17Cl2N5.C15H19N7.8H2S/c28-22(29-14-15-4-2-1-3-5-15)25-18-9-8-17(12-18)24-21-13-19(16-6-7-16)26-20-10-11-23-27(20)21;22-15-8-9-16(12-15)24-21-13-19(25-20-10-11-23-26(20)21)18-7-3-5-14-4-1-2-6-17(14)18;18-11-5-10(6-12(19)7-11)15-9-17(22-14-2-1-13(20)8-14)24-16(23-15)3-4-21-24;1-21-9-17-8-13(21)12-7-15(19-11-3-2-10(16)6-11)22-14(20-12)4-5-18-22;;;;;;;;/h1-5,10-11,13,16-18,24H,6-9,12,14H2,(H,25,28);1-7,10-11,13,15-16,24H,8-9,12,22H2;3-7,9,13-14,22H,1-2,8,20H2;4-5,7-11,19H,2-3,6,16H2,1H3;8*1H2/t17-,18-;15-,16-;13-,14-;10-,11-;;;;;;;;/m0000......../s1. The number of nitrogens with zero attached hydrogens (tertiary/aromatic N) is 14. The van der Waals surface area contributed by atoms with Gasteiger partial charge in [-0.15, -0.1) is 0 Å². The van der Waals surface area contributed by atoms with Crippen LogP contribution in [0, 0.1) is 0 Å². The lowest BCUT2D eigenvalue weighted by Crippen LogP contribution is -2.34. The molecule has 5 fully saturated rings. The van der Waals surface area contributed by atoms with Crippen LogP contribution >= 0.6 is 131 Å². The summed E-state index contributed by atoms with van der Waals surface area (Å²) in [5.41, 5.74) is 29.2. The van der Waals surface area contributed by atoms with Crippen LogP contribution in [0.4, 0.5) is 28.1 Å². The van der Waals surface area contributed by atoms with Gasteiger partial charge in [0.1, 0.15) is 29.9 Å². The molecule has 5 saturated carbocycles. The molecule has 9 heterocycles. The number of rotatable bonds is 15. The van der Waals surface area contributed by atoms with Crippen molar-refractivity contribution in [3.8, 4) is 33.9 Å². The number of amides is 1. The topological polar surface area (TPSA) is 303 Å². The van der Waals surface area contributed by atoms with E-state index in [1.165, 1.54) is 23.6 Å². The third-order valence-corrected chi connectivity index (χ3v) is 20.0. The number of hydrogen-bond donors (Lipinski definition) is 8. The fourth-order valence-corrected chi connectivity index (χ4v) is 14.8. The van der Waals surface area contributed by atoms with E-state index in [0.717, 1.165) is 168 Å². The zero-order valence-corrected chi connectivity index (χ0v) is 69.6. The van der Waals surface area contributed by atoms with E-state index in [-0.39, 0.29) is 132 Å². The summed E-state index contributed by atoms with van der Waals surface area (Å²) >= 11 is 12.3. The van der Waals surface area contributed by atoms with Gasteiger partial charge in [0.2, 0.25) is 0 Å². The van der Waals surface area contributed by atoms with E-state index in [2.05, 4.69) is 117 Å². The summed E-state index contributed by atoms with van der Waals surface area (Å²) in [6.45, 7) is 0.291. The quantitative estimate of drug-likeness (QED) is 0.0473. The molecule has 8 atom stereocenters. The van der Waals surface area contributed by atoms with Gasteiger partial charge in [-0.1, -0.05) is 96.0 Å². The second-order valence-corrected chi connectivity index (χ2v) is 28.1. The fraction of sp³-hybridized carbons (Fsp3) is 0.333. The molecule has 9 aromatic heterocycles. The molecule has 0 aliphatic heterocycles. The van der Waals surface area contributed by atoms with Gasteiger partial charge >= 0.3 is 6.09 Å². The largest absolute Gasteiger partial charge is 0.445 e. The van der Waals surface area contributed by atoms with Crippen LogP contribution in [0.2, 0.25) is 10.0 Å². The number of ether oxygens (including phenoxy) is 1. The molecule has 0 unspecified atom stereocenters. The van der Waals surface area contributed by atoms with Crippen LogP contribution < -0.4 is 43.8 Å². The van der Waals surface area contributed by atoms with Crippen LogP contribution in [0.1, 0.15) is 107 Å². The first kappa shape index (κ1) is 88.8. The maximum atomic E-state index is 12.1. The van der Waals surface area contributed by atoms with Gasteiger partial charge < -0.3 is 53.1 Å². The van der Waals surface area contributed by atoms with E-state index in [0.29, 0.717) is 52.8 Å². The number of aromatic nitrogens is 14. The van der Waals surface area contributed by atoms with E-state index in [4.69, 9.17) is 55.1 Å². The number of aryl methyl sites for hydroxylation is 1. The number of anilines is 4. The third kappa shape index (κ3) is 21.8. The van der Waals surface area contributed by atoms with E-state index >= 15 is 0 Å². The minimum Gasteiger partial charge on any atom is -0.445 e. The van der Waals surface area contributed by atoms with E-state index in [9.17, 15) is 4.79 Å². The number of halogens is 2. The van der Waals surface area contributed by atoms with Crippen LogP contribution in [0.5, 0.6) is 0 Å². The Balaban J connectivity index is 0.000000198. The van der Waals surface area contributed by atoms with Crippen LogP contribution in [-0.4, -0.2) is 122 Å². The Morgan fingerprint density at radius 2 is 0.908 bits per heavy atom. The molecule has 11 N–H and O–H groups in total. The maximum Gasteiger partial charge on any atom is 0.407 e. The van der Waals surface area contributed by atoms with Crippen molar-refractivity contribution in [1.29, 1.82) is 0 Å². The van der Waals surface area contributed by atoms with Crippen molar-refractivity contribution < 1.29 is 9.53 Å². The van der Waals surface area contributed by atoms with Gasteiger partial charge in [0, 0.05) is 137 Å². The van der Waals surface area contributed by atoms with E-state index < -0.39 is 0 Å². The zero-order valence-electron chi connectivity index (χ0n) is 60.1. The SMILES string of the molecule is Cn1cncc1-c1cc(N[C@H]2CC[C@H](N)C2)n2nccc2n1.N[C@H]1CC[C@H](Nc2cc(-c3cc(Cl)cc(Cl)c3)nc3ccnn23)C1.N[C@H]1CC[C@H](Nc2cc(-c3cccc4ccccc34)nc3ccnn23)C1.O=C(N[C@H]1CC[C@H](Nc2cc(C3CC3)nc3ccnn23)C1)OCc1ccccc1.S.S.S.S.S.S.S.S. The lowest BCUT2D eigenvalue weighted by Gasteiger charge is -2.17. The normalized spacial score (nSPS) is 19.3. The minimum atomic E-state index is -0.353. The molecule has 582 valence electrons. The lowest BCUT2D eigenvalue weighted by molar-refractivity contribution is 0.136. The van der Waals surface area contributed by atoms with Gasteiger partial charge in [-0.25, -0.2) is 29.7 Å². The highest BCUT2D eigenvalue weighted by molar-refractivity contribution is 7.60. The molecule has 34 heteroatoms. The highest BCUT2D eigenvalue weighted by atomic mass is 35.5. The number of hydrogen-bond acceptors (Lipinski definition) is 18. The second kappa shape index (κ2) is 40.7. The van der Waals surface area contributed by atoms with Crippen molar-refractivity contribution >= 4 is 194 Å². The zero-order chi connectivity index (χ0) is 68.9. The number of carbonyl (C=O) groups is 1. The Kier molecular flexibility index (Phi) is 33.1. The smallest absolute Gasteiger partial charge is 0.407 e. The van der Waals surface area contributed by atoms with Gasteiger partial charge in [0.05, 0.1) is 60.1 Å². The molecule has 0 radical (unpaired) electrons. The van der Waals surface area contributed by atoms with Crippen molar-refractivity contribution in [2.45, 2.75) is 151 Å². The number of benzene rings is 4. The molecule has 5 aliphatic carbocycles.